The molecule has 2 rings (SSSR count). The fraction of sp³-hybridized carbons (Fsp3) is 0.308. The molecule has 0 aliphatic carbocycles. The minimum absolute atomic E-state index is 0.281. The molecule has 0 bridgehead atoms. The van der Waals surface area contributed by atoms with Gasteiger partial charge in [0.15, 0.2) is 0 Å². The summed E-state index contributed by atoms with van der Waals surface area (Å²) in [6.45, 7) is 3.53. The molecule has 1 aromatic carbocycles. The van der Waals surface area contributed by atoms with Gasteiger partial charge >= 0.3 is 0 Å². The molecule has 90 valence electrons. The number of aromatic amines is 1. The molecule has 0 saturated carbocycles. The van der Waals surface area contributed by atoms with Crippen LogP contribution in [0.5, 0.6) is 5.75 Å². The molecule has 4 nitrogen and oxygen atoms in total. The van der Waals surface area contributed by atoms with Crippen LogP contribution in [0.1, 0.15) is 24.2 Å². The Balaban J connectivity index is 2.86. The van der Waals surface area contributed by atoms with E-state index in [1.54, 1.807) is 20.1 Å². The first kappa shape index (κ1) is 11.7. The van der Waals surface area contributed by atoms with Crippen molar-refractivity contribution >= 4 is 10.9 Å². The second-order valence-corrected chi connectivity index (χ2v) is 4.10. The van der Waals surface area contributed by atoms with E-state index in [1.807, 2.05) is 19.1 Å². The molecule has 4 heteroatoms. The Labute approximate surface area is 98.9 Å². The van der Waals surface area contributed by atoms with Gasteiger partial charge in [0.1, 0.15) is 5.75 Å². The van der Waals surface area contributed by atoms with E-state index in [2.05, 4.69) is 4.98 Å². The predicted octanol–water partition coefficient (Wildman–Crippen LogP) is 1.90. The molecule has 1 aromatic heterocycles. The molecule has 0 amide bonds. The van der Waals surface area contributed by atoms with Crippen LogP contribution in [-0.4, -0.2) is 17.2 Å². The molecule has 0 spiro atoms. The number of aryl methyl sites for hydroxylation is 1. The summed E-state index contributed by atoms with van der Waals surface area (Å²) in [6, 6.07) is 5.46. The van der Waals surface area contributed by atoms with Crippen molar-refractivity contribution < 1.29 is 9.84 Å². The number of ether oxygens (including phenoxy) is 1. The minimum Gasteiger partial charge on any atom is -0.495 e. The van der Waals surface area contributed by atoms with E-state index in [0.717, 1.165) is 10.9 Å². The van der Waals surface area contributed by atoms with E-state index < -0.39 is 6.10 Å². The second-order valence-electron chi connectivity index (χ2n) is 4.10. The lowest BCUT2D eigenvalue weighted by Crippen LogP contribution is -2.15. The highest BCUT2D eigenvalue weighted by Crippen LogP contribution is 2.26. The van der Waals surface area contributed by atoms with Crippen LogP contribution >= 0.6 is 0 Å². The lowest BCUT2D eigenvalue weighted by molar-refractivity contribution is 0.198. The van der Waals surface area contributed by atoms with Crippen molar-refractivity contribution in [3.63, 3.8) is 0 Å². The summed E-state index contributed by atoms with van der Waals surface area (Å²) in [5.74, 6) is 0.625. The van der Waals surface area contributed by atoms with Gasteiger partial charge in [-0.15, -0.1) is 0 Å². The Morgan fingerprint density at radius 1 is 1.41 bits per heavy atom. The zero-order chi connectivity index (χ0) is 12.6. The van der Waals surface area contributed by atoms with Gasteiger partial charge in [-0.25, -0.2) is 0 Å². The number of hydrogen-bond acceptors (Lipinski definition) is 3. The highest BCUT2D eigenvalue weighted by Gasteiger charge is 2.11. The van der Waals surface area contributed by atoms with Crippen LogP contribution in [0, 0.1) is 6.92 Å². The SMILES string of the molecule is COc1ccc(C)c2cc(C(C)O)c(=O)[nH]c12. The normalized spacial score (nSPS) is 12.7. The summed E-state index contributed by atoms with van der Waals surface area (Å²) in [5, 5.41) is 10.4. The van der Waals surface area contributed by atoms with Gasteiger partial charge in [0.25, 0.3) is 5.56 Å². The zero-order valence-corrected chi connectivity index (χ0v) is 10.1. The van der Waals surface area contributed by atoms with Crippen molar-refractivity contribution in [1.29, 1.82) is 0 Å². The van der Waals surface area contributed by atoms with E-state index >= 15 is 0 Å². The number of hydrogen-bond donors (Lipinski definition) is 2. The highest BCUT2D eigenvalue weighted by molar-refractivity contribution is 5.87. The quantitative estimate of drug-likeness (QED) is 0.832. The standard InChI is InChI=1S/C13H15NO3/c1-7-4-5-11(17-3)12-9(7)6-10(8(2)15)13(16)14-12/h4-6,8,15H,1-3H3,(H,14,16). The number of pyridine rings is 1. The van der Waals surface area contributed by atoms with Crippen LogP contribution in [0.25, 0.3) is 10.9 Å². The lowest BCUT2D eigenvalue weighted by atomic mass is 10.0. The van der Waals surface area contributed by atoms with Crippen LogP contribution in [-0.2, 0) is 0 Å². The van der Waals surface area contributed by atoms with E-state index in [4.69, 9.17) is 4.74 Å². The van der Waals surface area contributed by atoms with Gasteiger partial charge in [0, 0.05) is 10.9 Å². The van der Waals surface area contributed by atoms with E-state index in [-0.39, 0.29) is 5.56 Å². The van der Waals surface area contributed by atoms with E-state index in [9.17, 15) is 9.90 Å². The number of rotatable bonds is 2. The maximum Gasteiger partial charge on any atom is 0.254 e. The third kappa shape index (κ3) is 1.91. The van der Waals surface area contributed by atoms with Crippen LogP contribution < -0.4 is 10.3 Å². The van der Waals surface area contributed by atoms with Crippen LogP contribution in [0.2, 0.25) is 0 Å². The summed E-state index contributed by atoms with van der Waals surface area (Å²) >= 11 is 0. The van der Waals surface area contributed by atoms with E-state index in [1.165, 1.54) is 0 Å². The summed E-state index contributed by atoms with van der Waals surface area (Å²) in [7, 11) is 1.56. The summed E-state index contributed by atoms with van der Waals surface area (Å²) in [5.41, 5.74) is 1.78. The number of H-pyrrole nitrogens is 1. The molecule has 1 heterocycles. The number of aliphatic hydroxyl groups excluding tert-OH is 1. The van der Waals surface area contributed by atoms with Gasteiger partial charge in [-0.05, 0) is 31.5 Å². The average Bonchev–Trinajstić information content (AvgIpc) is 2.28. The van der Waals surface area contributed by atoms with Crippen molar-refractivity contribution in [2.45, 2.75) is 20.0 Å². The Morgan fingerprint density at radius 3 is 2.71 bits per heavy atom. The van der Waals surface area contributed by atoms with Crippen molar-refractivity contribution in [2.24, 2.45) is 0 Å². The summed E-state index contributed by atoms with van der Waals surface area (Å²) in [6.07, 6.45) is -0.784. The van der Waals surface area contributed by atoms with Crippen molar-refractivity contribution in [2.75, 3.05) is 7.11 Å². The lowest BCUT2D eigenvalue weighted by Gasteiger charge is -2.10. The van der Waals surface area contributed by atoms with Gasteiger partial charge in [-0.1, -0.05) is 6.07 Å². The van der Waals surface area contributed by atoms with Gasteiger partial charge in [-0.2, -0.15) is 0 Å². The number of fused-ring (bicyclic) bond motifs is 1. The number of aliphatic hydroxyl groups is 1. The van der Waals surface area contributed by atoms with Crippen molar-refractivity contribution in [1.82, 2.24) is 4.98 Å². The number of methoxy groups -OCH3 is 1. The van der Waals surface area contributed by atoms with E-state index in [0.29, 0.717) is 16.8 Å². The van der Waals surface area contributed by atoms with Gasteiger partial charge in [-0.3, -0.25) is 4.79 Å². The van der Waals surface area contributed by atoms with Gasteiger partial charge < -0.3 is 14.8 Å². The van der Waals surface area contributed by atoms with Crippen LogP contribution in [0.15, 0.2) is 23.0 Å². The first-order chi connectivity index (χ1) is 8.04. The van der Waals surface area contributed by atoms with Crippen LogP contribution in [0.3, 0.4) is 0 Å². The Hall–Kier alpha value is -1.81. The molecule has 2 N–H and O–H groups in total. The molecule has 17 heavy (non-hydrogen) atoms. The molecule has 0 radical (unpaired) electrons. The van der Waals surface area contributed by atoms with Gasteiger partial charge in [0.05, 0.1) is 18.7 Å². The molecule has 0 saturated heterocycles. The fourth-order valence-corrected chi connectivity index (χ4v) is 1.91. The summed E-state index contributed by atoms with van der Waals surface area (Å²) < 4.78 is 5.21. The summed E-state index contributed by atoms with van der Waals surface area (Å²) in [4.78, 5) is 14.5. The first-order valence-electron chi connectivity index (χ1n) is 5.43. The van der Waals surface area contributed by atoms with Crippen molar-refractivity contribution in [3.05, 3.63) is 39.7 Å². The number of aromatic nitrogens is 1. The third-order valence-corrected chi connectivity index (χ3v) is 2.90. The number of nitrogens with one attached hydrogen (secondary N) is 1. The topological polar surface area (TPSA) is 62.3 Å². The molecular formula is C13H15NO3. The first-order valence-corrected chi connectivity index (χ1v) is 5.43. The Morgan fingerprint density at radius 2 is 2.12 bits per heavy atom. The largest absolute Gasteiger partial charge is 0.495 e. The van der Waals surface area contributed by atoms with Gasteiger partial charge in [0.2, 0.25) is 0 Å². The molecule has 0 aliphatic heterocycles. The predicted molar refractivity (Wildman–Crippen MR) is 66.5 cm³/mol. The Kier molecular flexibility index (Phi) is 2.90. The van der Waals surface area contributed by atoms with Crippen LogP contribution in [0.4, 0.5) is 0 Å². The molecule has 1 atom stereocenters. The molecular weight excluding hydrogens is 218 g/mol. The molecule has 0 aliphatic rings. The maximum absolute atomic E-state index is 11.8. The third-order valence-electron chi connectivity index (χ3n) is 2.90. The smallest absolute Gasteiger partial charge is 0.254 e. The average molecular weight is 233 g/mol. The molecule has 1 unspecified atom stereocenters. The zero-order valence-electron chi connectivity index (χ0n) is 10.1. The fourth-order valence-electron chi connectivity index (χ4n) is 1.91. The maximum atomic E-state index is 11.8. The second kappa shape index (κ2) is 4.22. The monoisotopic (exact) mass is 233 g/mol. The highest BCUT2D eigenvalue weighted by atomic mass is 16.5. The minimum atomic E-state index is -0.784. The number of benzene rings is 1. The molecule has 2 aromatic rings. The molecule has 0 fully saturated rings. The van der Waals surface area contributed by atoms with Crippen molar-refractivity contribution in [3.8, 4) is 5.75 Å². The Bertz CT molecular complexity index is 614.